The number of halogens is 1. The van der Waals surface area contributed by atoms with Crippen LogP contribution in [0.25, 0.3) is 0 Å². The second-order valence-electron chi connectivity index (χ2n) is 7.89. The van der Waals surface area contributed by atoms with Gasteiger partial charge in [0.2, 0.25) is 0 Å². The number of nitrogens with zero attached hydrogens (tertiary/aromatic N) is 1. The van der Waals surface area contributed by atoms with Crippen LogP contribution in [0.2, 0.25) is 0 Å². The maximum absolute atomic E-state index is 13.9. The lowest BCUT2D eigenvalue weighted by molar-refractivity contribution is 0.157. The summed E-state index contributed by atoms with van der Waals surface area (Å²) in [5, 5.41) is 3.35. The molecule has 2 aliphatic rings. The third kappa shape index (κ3) is 3.72. The topological polar surface area (TPSA) is 15.3 Å². The van der Waals surface area contributed by atoms with Gasteiger partial charge in [-0.1, -0.05) is 36.4 Å². The van der Waals surface area contributed by atoms with Crippen LogP contribution in [0.1, 0.15) is 30.4 Å². The largest absolute Gasteiger partial charge is 0.382 e. The molecule has 4 rings (SSSR count). The van der Waals surface area contributed by atoms with Gasteiger partial charge in [0.15, 0.2) is 0 Å². The minimum atomic E-state index is -0.141. The highest BCUT2D eigenvalue weighted by atomic mass is 19.1. The molecule has 132 valence electrons. The van der Waals surface area contributed by atoms with Crippen molar-refractivity contribution >= 4 is 5.69 Å². The normalized spacial score (nSPS) is 22.1. The van der Waals surface area contributed by atoms with Crippen LogP contribution < -0.4 is 5.32 Å². The average molecular weight is 338 g/mol. The van der Waals surface area contributed by atoms with E-state index in [0.717, 1.165) is 18.7 Å². The van der Waals surface area contributed by atoms with Crippen LogP contribution in [0.3, 0.4) is 0 Å². The average Bonchev–Trinajstić information content (AvgIpc) is 3.31. The zero-order valence-corrected chi connectivity index (χ0v) is 15.0. The molecule has 0 bridgehead atoms. The third-order valence-corrected chi connectivity index (χ3v) is 6.12. The van der Waals surface area contributed by atoms with Gasteiger partial charge in [-0.2, -0.15) is 0 Å². The molecule has 1 N–H and O–H groups in total. The Bertz CT molecular complexity index is 720. The van der Waals surface area contributed by atoms with Gasteiger partial charge in [-0.25, -0.2) is 4.39 Å². The van der Waals surface area contributed by atoms with E-state index in [-0.39, 0.29) is 5.82 Å². The van der Waals surface area contributed by atoms with Crippen LogP contribution in [-0.2, 0) is 6.54 Å². The van der Waals surface area contributed by atoms with E-state index < -0.39 is 0 Å². The zero-order valence-electron chi connectivity index (χ0n) is 15.0. The van der Waals surface area contributed by atoms with Gasteiger partial charge in [0.05, 0.1) is 5.69 Å². The molecule has 1 aliphatic heterocycles. The summed E-state index contributed by atoms with van der Waals surface area (Å²) in [5.74, 6) is 0.560. The molecule has 1 heterocycles. The van der Waals surface area contributed by atoms with Crippen LogP contribution >= 0.6 is 0 Å². The maximum atomic E-state index is 13.9. The summed E-state index contributed by atoms with van der Waals surface area (Å²) in [6.45, 7) is 6.34. The van der Waals surface area contributed by atoms with E-state index in [4.69, 9.17) is 0 Å². The molecule has 1 saturated carbocycles. The molecule has 2 fully saturated rings. The number of aryl methyl sites for hydroxylation is 1. The van der Waals surface area contributed by atoms with Crippen LogP contribution in [0.15, 0.2) is 48.5 Å². The van der Waals surface area contributed by atoms with Crippen molar-refractivity contribution in [3.63, 3.8) is 0 Å². The standard InChI is InChI=1S/C22H27FN2/c1-17-7-8-20(23)21(13-17)24-15-19-14-22(19)9-11-25(12-10-22)16-18-5-3-2-4-6-18/h2-8,13,19,24H,9-12,14-16H2,1H3. The van der Waals surface area contributed by atoms with E-state index in [0.29, 0.717) is 17.0 Å². The SMILES string of the molecule is Cc1ccc(F)c(NCC2CC23CCN(Cc2ccccc2)CC3)c1. The second kappa shape index (κ2) is 6.80. The molecule has 2 aromatic rings. The summed E-state index contributed by atoms with van der Waals surface area (Å²) >= 11 is 0. The van der Waals surface area contributed by atoms with Crippen molar-refractivity contribution in [2.24, 2.45) is 11.3 Å². The van der Waals surface area contributed by atoms with E-state index in [1.54, 1.807) is 6.07 Å². The molecule has 1 atom stereocenters. The molecule has 1 saturated heterocycles. The number of piperidine rings is 1. The molecule has 0 radical (unpaired) electrons. The Morgan fingerprint density at radius 3 is 2.64 bits per heavy atom. The Hall–Kier alpha value is -1.87. The van der Waals surface area contributed by atoms with Crippen molar-refractivity contribution < 1.29 is 4.39 Å². The van der Waals surface area contributed by atoms with E-state index in [1.807, 2.05) is 19.1 Å². The van der Waals surface area contributed by atoms with E-state index in [9.17, 15) is 4.39 Å². The van der Waals surface area contributed by atoms with E-state index in [2.05, 4.69) is 40.5 Å². The van der Waals surface area contributed by atoms with Crippen molar-refractivity contribution in [1.82, 2.24) is 4.90 Å². The summed E-state index contributed by atoms with van der Waals surface area (Å²) in [5.41, 5.74) is 3.68. The monoisotopic (exact) mass is 338 g/mol. The Morgan fingerprint density at radius 1 is 1.12 bits per heavy atom. The number of hydrogen-bond donors (Lipinski definition) is 1. The number of nitrogens with one attached hydrogen (secondary N) is 1. The number of hydrogen-bond acceptors (Lipinski definition) is 2. The Labute approximate surface area is 150 Å². The quantitative estimate of drug-likeness (QED) is 0.838. The molecule has 0 aromatic heterocycles. The van der Waals surface area contributed by atoms with Crippen molar-refractivity contribution in [2.45, 2.75) is 32.7 Å². The van der Waals surface area contributed by atoms with Gasteiger partial charge in [0.25, 0.3) is 0 Å². The van der Waals surface area contributed by atoms with Gasteiger partial charge in [-0.05, 0) is 73.9 Å². The second-order valence-corrected chi connectivity index (χ2v) is 7.89. The first-order chi connectivity index (χ1) is 12.1. The fraction of sp³-hybridized carbons (Fsp3) is 0.455. The summed E-state index contributed by atoms with van der Waals surface area (Å²) in [6, 6.07) is 16.0. The summed E-state index contributed by atoms with van der Waals surface area (Å²) in [4.78, 5) is 2.57. The molecule has 2 nitrogen and oxygen atoms in total. The number of benzene rings is 2. The molecule has 3 heteroatoms. The van der Waals surface area contributed by atoms with Crippen LogP contribution in [0, 0.1) is 24.1 Å². The first-order valence-corrected chi connectivity index (χ1v) is 9.41. The molecular formula is C22H27FN2. The van der Waals surface area contributed by atoms with Gasteiger partial charge >= 0.3 is 0 Å². The third-order valence-electron chi connectivity index (χ3n) is 6.12. The highest BCUT2D eigenvalue weighted by Gasteiger charge is 2.54. The Balaban J connectivity index is 1.26. The van der Waals surface area contributed by atoms with Gasteiger partial charge in [-0.3, -0.25) is 4.90 Å². The molecule has 1 unspecified atom stereocenters. The first kappa shape index (κ1) is 16.6. The lowest BCUT2D eigenvalue weighted by Crippen LogP contribution is -2.35. The highest BCUT2D eigenvalue weighted by molar-refractivity contribution is 5.47. The molecule has 2 aromatic carbocycles. The lowest BCUT2D eigenvalue weighted by atomic mass is 9.90. The molecular weight excluding hydrogens is 311 g/mol. The highest BCUT2D eigenvalue weighted by Crippen LogP contribution is 2.59. The van der Waals surface area contributed by atoms with E-state index >= 15 is 0 Å². The fourth-order valence-electron chi connectivity index (χ4n) is 4.34. The maximum Gasteiger partial charge on any atom is 0.146 e. The molecule has 1 aliphatic carbocycles. The smallest absolute Gasteiger partial charge is 0.146 e. The molecule has 0 amide bonds. The summed E-state index contributed by atoms with van der Waals surface area (Å²) in [6.07, 6.45) is 3.86. The summed E-state index contributed by atoms with van der Waals surface area (Å²) in [7, 11) is 0. The minimum absolute atomic E-state index is 0.141. The van der Waals surface area contributed by atoms with Crippen LogP contribution in [0.5, 0.6) is 0 Å². The number of rotatable bonds is 5. The number of anilines is 1. The minimum Gasteiger partial charge on any atom is -0.382 e. The number of likely N-dealkylation sites (tertiary alicyclic amines) is 1. The van der Waals surface area contributed by atoms with Gasteiger partial charge < -0.3 is 5.32 Å². The molecule has 1 spiro atoms. The lowest BCUT2D eigenvalue weighted by Gasteiger charge is -2.33. The van der Waals surface area contributed by atoms with Crippen LogP contribution in [-0.4, -0.2) is 24.5 Å². The van der Waals surface area contributed by atoms with Crippen molar-refractivity contribution in [3.05, 3.63) is 65.5 Å². The first-order valence-electron chi connectivity index (χ1n) is 9.41. The van der Waals surface area contributed by atoms with Crippen molar-refractivity contribution in [1.29, 1.82) is 0 Å². The van der Waals surface area contributed by atoms with E-state index in [1.165, 1.54) is 37.9 Å². The fourth-order valence-corrected chi connectivity index (χ4v) is 4.34. The predicted molar refractivity (Wildman–Crippen MR) is 101 cm³/mol. The summed E-state index contributed by atoms with van der Waals surface area (Å²) < 4.78 is 13.9. The Morgan fingerprint density at radius 2 is 1.88 bits per heavy atom. The Kier molecular flexibility index (Phi) is 4.51. The van der Waals surface area contributed by atoms with Crippen molar-refractivity contribution in [3.8, 4) is 0 Å². The van der Waals surface area contributed by atoms with Gasteiger partial charge in [0.1, 0.15) is 5.82 Å². The molecule has 25 heavy (non-hydrogen) atoms. The zero-order chi connectivity index (χ0) is 17.3. The van der Waals surface area contributed by atoms with Crippen LogP contribution in [0.4, 0.5) is 10.1 Å². The van der Waals surface area contributed by atoms with Crippen molar-refractivity contribution in [2.75, 3.05) is 25.0 Å². The van der Waals surface area contributed by atoms with Gasteiger partial charge in [0, 0.05) is 13.1 Å². The van der Waals surface area contributed by atoms with Gasteiger partial charge in [-0.15, -0.1) is 0 Å². The predicted octanol–water partition coefficient (Wildman–Crippen LogP) is 4.85.